The third-order valence-corrected chi connectivity index (χ3v) is 3.96. The van der Waals surface area contributed by atoms with Crippen molar-refractivity contribution in [3.8, 4) is 0 Å². The monoisotopic (exact) mass is 330 g/mol. The van der Waals surface area contributed by atoms with E-state index in [1.165, 1.54) is 12.1 Å². The largest absolute Gasteiger partial charge is 0.351 e. The maximum Gasteiger partial charge on any atom is 0.272 e. The SMILES string of the molecule is CCCNC(=O)c1cc2n(n1)CCN(Cc1ccccc1F)C2=O. The van der Waals surface area contributed by atoms with Crippen LogP contribution in [0.1, 0.15) is 39.9 Å². The Morgan fingerprint density at radius 2 is 2.12 bits per heavy atom. The Balaban J connectivity index is 1.77. The van der Waals surface area contributed by atoms with Crippen molar-refractivity contribution >= 4 is 11.8 Å². The van der Waals surface area contributed by atoms with Crippen molar-refractivity contribution < 1.29 is 14.0 Å². The van der Waals surface area contributed by atoms with Gasteiger partial charge in [-0.15, -0.1) is 0 Å². The van der Waals surface area contributed by atoms with Gasteiger partial charge < -0.3 is 10.2 Å². The number of aromatic nitrogens is 2. The predicted octanol–water partition coefficient (Wildman–Crippen LogP) is 1.82. The summed E-state index contributed by atoms with van der Waals surface area (Å²) in [4.78, 5) is 26.1. The molecule has 126 valence electrons. The van der Waals surface area contributed by atoms with Crippen molar-refractivity contribution in [1.82, 2.24) is 20.0 Å². The molecule has 1 N–H and O–H groups in total. The first-order chi connectivity index (χ1) is 11.6. The third kappa shape index (κ3) is 3.15. The van der Waals surface area contributed by atoms with Crippen LogP contribution < -0.4 is 5.32 Å². The number of hydrogen-bond acceptors (Lipinski definition) is 3. The highest BCUT2D eigenvalue weighted by Gasteiger charge is 2.28. The topological polar surface area (TPSA) is 67.2 Å². The van der Waals surface area contributed by atoms with E-state index < -0.39 is 0 Å². The van der Waals surface area contributed by atoms with Crippen LogP contribution in [0, 0.1) is 5.82 Å². The number of hydrogen-bond donors (Lipinski definition) is 1. The van der Waals surface area contributed by atoms with Gasteiger partial charge in [-0.25, -0.2) is 4.39 Å². The second kappa shape index (κ2) is 6.82. The lowest BCUT2D eigenvalue weighted by molar-refractivity contribution is 0.0681. The summed E-state index contributed by atoms with van der Waals surface area (Å²) in [7, 11) is 0. The van der Waals surface area contributed by atoms with Gasteiger partial charge in [0, 0.05) is 31.3 Å². The summed E-state index contributed by atoms with van der Waals surface area (Å²) in [6.07, 6.45) is 0.828. The molecule has 2 heterocycles. The summed E-state index contributed by atoms with van der Waals surface area (Å²) < 4.78 is 15.3. The number of carbonyl (C=O) groups is 2. The molecule has 1 aromatic carbocycles. The van der Waals surface area contributed by atoms with Crippen LogP contribution in [0.25, 0.3) is 0 Å². The predicted molar refractivity (Wildman–Crippen MR) is 86.0 cm³/mol. The molecule has 0 aliphatic carbocycles. The van der Waals surface area contributed by atoms with E-state index in [-0.39, 0.29) is 29.9 Å². The first-order valence-corrected chi connectivity index (χ1v) is 7.99. The molecule has 24 heavy (non-hydrogen) atoms. The highest BCUT2D eigenvalue weighted by Crippen LogP contribution is 2.18. The van der Waals surface area contributed by atoms with Crippen LogP contribution in [0.3, 0.4) is 0 Å². The zero-order valence-corrected chi connectivity index (χ0v) is 13.5. The minimum atomic E-state index is -0.330. The molecule has 0 radical (unpaired) electrons. The van der Waals surface area contributed by atoms with E-state index in [1.54, 1.807) is 27.8 Å². The molecule has 2 amide bonds. The van der Waals surface area contributed by atoms with Gasteiger partial charge in [0.25, 0.3) is 11.8 Å². The van der Waals surface area contributed by atoms with Crippen molar-refractivity contribution in [2.75, 3.05) is 13.1 Å². The van der Waals surface area contributed by atoms with Gasteiger partial charge in [0.05, 0.1) is 6.54 Å². The summed E-state index contributed by atoms with van der Waals surface area (Å²) in [6.45, 7) is 3.64. The minimum absolute atomic E-state index is 0.202. The van der Waals surface area contributed by atoms with Crippen LogP contribution in [-0.2, 0) is 13.1 Å². The lowest BCUT2D eigenvalue weighted by Gasteiger charge is -2.27. The van der Waals surface area contributed by atoms with E-state index in [9.17, 15) is 14.0 Å². The van der Waals surface area contributed by atoms with Crippen LogP contribution in [-0.4, -0.2) is 39.6 Å². The van der Waals surface area contributed by atoms with E-state index in [1.807, 2.05) is 6.92 Å². The molecule has 1 aliphatic heterocycles. The van der Waals surface area contributed by atoms with Gasteiger partial charge in [0.15, 0.2) is 5.69 Å². The fourth-order valence-corrected chi connectivity index (χ4v) is 2.66. The molecule has 1 aliphatic rings. The van der Waals surface area contributed by atoms with Gasteiger partial charge in [-0.1, -0.05) is 25.1 Å². The second-order valence-electron chi connectivity index (χ2n) is 5.71. The number of nitrogens with zero attached hydrogens (tertiary/aromatic N) is 3. The molecule has 6 nitrogen and oxygen atoms in total. The molecule has 0 unspecified atom stereocenters. The van der Waals surface area contributed by atoms with Crippen molar-refractivity contribution in [2.45, 2.75) is 26.4 Å². The Bertz CT molecular complexity index is 772. The minimum Gasteiger partial charge on any atom is -0.351 e. The number of benzene rings is 1. The van der Waals surface area contributed by atoms with Crippen molar-refractivity contribution in [3.05, 3.63) is 53.1 Å². The van der Waals surface area contributed by atoms with Crippen LogP contribution in [0.15, 0.2) is 30.3 Å². The number of fused-ring (bicyclic) bond motifs is 1. The Morgan fingerprint density at radius 1 is 1.33 bits per heavy atom. The standard InChI is InChI=1S/C17H19FN4O2/c1-2-7-19-16(23)14-10-15-17(24)21(8-9-22(15)20-14)11-12-5-3-4-6-13(12)18/h3-6,10H,2,7-9,11H2,1H3,(H,19,23). The number of carbonyl (C=O) groups excluding carboxylic acids is 2. The lowest BCUT2D eigenvalue weighted by atomic mass is 10.1. The van der Waals surface area contributed by atoms with Crippen LogP contribution in [0.5, 0.6) is 0 Å². The lowest BCUT2D eigenvalue weighted by Crippen LogP contribution is -2.40. The van der Waals surface area contributed by atoms with Gasteiger partial charge in [-0.2, -0.15) is 5.10 Å². The first-order valence-electron chi connectivity index (χ1n) is 7.99. The Hall–Kier alpha value is -2.70. The number of halogens is 1. The van der Waals surface area contributed by atoms with Crippen molar-refractivity contribution in [1.29, 1.82) is 0 Å². The smallest absolute Gasteiger partial charge is 0.272 e. The molecule has 1 aromatic heterocycles. The quantitative estimate of drug-likeness (QED) is 0.909. The summed E-state index contributed by atoms with van der Waals surface area (Å²) in [5, 5.41) is 6.94. The normalized spacial score (nSPS) is 13.8. The molecular weight excluding hydrogens is 311 g/mol. The Labute approximate surface area is 139 Å². The van der Waals surface area contributed by atoms with Crippen molar-refractivity contribution in [2.24, 2.45) is 0 Å². The van der Waals surface area contributed by atoms with E-state index in [2.05, 4.69) is 10.4 Å². The molecule has 0 spiro atoms. The zero-order valence-electron chi connectivity index (χ0n) is 13.5. The zero-order chi connectivity index (χ0) is 17.1. The average molecular weight is 330 g/mol. The molecule has 3 rings (SSSR count). The molecule has 0 atom stereocenters. The summed E-state index contributed by atoms with van der Waals surface area (Å²) >= 11 is 0. The highest BCUT2D eigenvalue weighted by atomic mass is 19.1. The summed E-state index contributed by atoms with van der Waals surface area (Å²) in [6, 6.07) is 7.91. The fourth-order valence-electron chi connectivity index (χ4n) is 2.66. The Morgan fingerprint density at radius 3 is 2.88 bits per heavy atom. The molecule has 0 bridgehead atoms. The summed E-state index contributed by atoms with van der Waals surface area (Å²) in [5.74, 6) is -0.859. The maximum atomic E-state index is 13.8. The van der Waals surface area contributed by atoms with Gasteiger partial charge in [0.1, 0.15) is 11.5 Å². The first kappa shape index (κ1) is 16.2. The van der Waals surface area contributed by atoms with Crippen molar-refractivity contribution in [3.63, 3.8) is 0 Å². The highest BCUT2D eigenvalue weighted by molar-refractivity contribution is 5.98. The molecule has 0 saturated carbocycles. The van der Waals surface area contributed by atoms with Crippen LogP contribution >= 0.6 is 0 Å². The molecule has 2 aromatic rings. The molecule has 0 saturated heterocycles. The summed E-state index contributed by atoms with van der Waals surface area (Å²) in [5.41, 5.74) is 1.07. The third-order valence-electron chi connectivity index (χ3n) is 3.96. The molecule has 7 heteroatoms. The van der Waals surface area contributed by atoms with Gasteiger partial charge >= 0.3 is 0 Å². The molecule has 0 fully saturated rings. The fraction of sp³-hybridized carbons (Fsp3) is 0.353. The van der Waals surface area contributed by atoms with E-state index in [0.717, 1.165) is 6.42 Å². The van der Waals surface area contributed by atoms with Gasteiger partial charge in [-0.05, 0) is 12.5 Å². The molecular formula is C17H19FN4O2. The van der Waals surface area contributed by atoms with E-state index in [4.69, 9.17) is 0 Å². The van der Waals surface area contributed by atoms with Crippen LogP contribution in [0.4, 0.5) is 4.39 Å². The van der Waals surface area contributed by atoms with E-state index >= 15 is 0 Å². The second-order valence-corrected chi connectivity index (χ2v) is 5.71. The average Bonchev–Trinajstić information content (AvgIpc) is 3.02. The van der Waals surface area contributed by atoms with Crippen LogP contribution in [0.2, 0.25) is 0 Å². The number of nitrogens with one attached hydrogen (secondary N) is 1. The maximum absolute atomic E-state index is 13.8. The number of rotatable bonds is 5. The number of amides is 2. The van der Waals surface area contributed by atoms with E-state index in [0.29, 0.717) is 30.9 Å². The Kier molecular flexibility index (Phi) is 4.59. The van der Waals surface area contributed by atoms with Gasteiger partial charge in [0.2, 0.25) is 0 Å². The van der Waals surface area contributed by atoms with Gasteiger partial charge in [-0.3, -0.25) is 14.3 Å².